The fraction of sp³-hybridized carbons (Fsp3) is 0.156. The summed E-state index contributed by atoms with van der Waals surface area (Å²) >= 11 is 1.15. The van der Waals surface area contributed by atoms with Gasteiger partial charge in [0.25, 0.3) is 0 Å². The number of rotatable bonds is 11. The largest absolute Gasteiger partial charge is 0.324 e. The van der Waals surface area contributed by atoms with Gasteiger partial charge >= 0.3 is 6.03 Å². The number of hydrogen-bond acceptors (Lipinski definition) is 8. The van der Waals surface area contributed by atoms with Crippen LogP contribution < -0.4 is 5.32 Å². The van der Waals surface area contributed by atoms with Gasteiger partial charge in [0.05, 0.1) is 18.1 Å². The van der Waals surface area contributed by atoms with Gasteiger partial charge in [-0.25, -0.2) is 19.4 Å². The minimum atomic E-state index is -0.236. The second-order valence-electron chi connectivity index (χ2n) is 9.81. The van der Waals surface area contributed by atoms with Crippen molar-refractivity contribution in [1.82, 2.24) is 39.2 Å². The first kappa shape index (κ1) is 27.9. The van der Waals surface area contributed by atoms with Crippen LogP contribution in [0.25, 0.3) is 17.1 Å². The molecule has 0 aliphatic rings. The summed E-state index contributed by atoms with van der Waals surface area (Å²) in [7, 11) is 0. The minimum Gasteiger partial charge on any atom is -0.324 e. The van der Waals surface area contributed by atoms with Gasteiger partial charge in [0.1, 0.15) is 5.82 Å². The molecule has 0 spiro atoms. The first-order valence-electron chi connectivity index (χ1n) is 14.0. The van der Waals surface area contributed by atoms with Crippen LogP contribution in [0, 0.1) is 0 Å². The highest BCUT2D eigenvalue weighted by molar-refractivity contribution is 7.10. The zero-order chi connectivity index (χ0) is 29.3. The molecule has 0 radical (unpaired) electrons. The summed E-state index contributed by atoms with van der Waals surface area (Å²) in [5.41, 5.74) is 4.15. The maximum atomic E-state index is 13.6. The van der Waals surface area contributed by atoms with Gasteiger partial charge in [-0.1, -0.05) is 65.9 Å². The van der Waals surface area contributed by atoms with Crippen LogP contribution in [0.3, 0.4) is 0 Å². The molecule has 2 amide bonds. The maximum absolute atomic E-state index is 13.6. The lowest BCUT2D eigenvalue weighted by atomic mass is 9.88. The van der Waals surface area contributed by atoms with Gasteiger partial charge in [-0.2, -0.15) is 9.36 Å². The van der Waals surface area contributed by atoms with E-state index in [0.29, 0.717) is 36.3 Å². The third kappa shape index (κ3) is 7.14. The van der Waals surface area contributed by atoms with Crippen LogP contribution in [0.1, 0.15) is 29.3 Å². The van der Waals surface area contributed by atoms with E-state index >= 15 is 0 Å². The Kier molecular flexibility index (Phi) is 8.80. The van der Waals surface area contributed by atoms with Crippen molar-refractivity contribution < 1.29 is 4.79 Å². The molecular weight excluding hydrogens is 558 g/mol. The van der Waals surface area contributed by atoms with Crippen molar-refractivity contribution in [2.75, 3.05) is 18.4 Å². The van der Waals surface area contributed by atoms with E-state index in [1.807, 2.05) is 41.3 Å². The van der Waals surface area contributed by atoms with Gasteiger partial charge in [0.15, 0.2) is 5.82 Å². The Morgan fingerprint density at radius 2 is 1.53 bits per heavy atom. The lowest BCUT2D eigenvalue weighted by molar-refractivity contribution is 0.210. The molecular formula is C32H29N9OS. The van der Waals surface area contributed by atoms with E-state index in [1.54, 1.807) is 35.5 Å². The van der Waals surface area contributed by atoms with Crippen LogP contribution >= 0.6 is 11.5 Å². The summed E-state index contributed by atoms with van der Waals surface area (Å²) in [5.74, 6) is 1.37. The predicted octanol–water partition coefficient (Wildman–Crippen LogP) is 5.87. The highest BCUT2D eigenvalue weighted by Gasteiger charge is 2.21. The van der Waals surface area contributed by atoms with E-state index in [-0.39, 0.29) is 11.9 Å². The molecule has 0 fully saturated rings. The average molecular weight is 588 g/mol. The number of nitrogens with one attached hydrogen (secondary N) is 1. The lowest BCUT2D eigenvalue weighted by Gasteiger charge is -2.26. The Morgan fingerprint density at radius 1 is 0.837 bits per heavy atom. The summed E-state index contributed by atoms with van der Waals surface area (Å²) in [4.78, 5) is 28.7. The van der Waals surface area contributed by atoms with Crippen molar-refractivity contribution >= 4 is 22.7 Å². The molecule has 3 aromatic carbocycles. The molecule has 0 unspecified atom stereocenters. The summed E-state index contributed by atoms with van der Waals surface area (Å²) in [6.45, 7) is 0.990. The first-order chi connectivity index (χ1) is 21.2. The number of carbonyl (C=O) groups is 1. The number of hydrogen-bond donors (Lipinski definition) is 1. The van der Waals surface area contributed by atoms with Gasteiger partial charge in [-0.15, -0.1) is 5.10 Å². The molecule has 0 aliphatic carbocycles. The van der Waals surface area contributed by atoms with Gasteiger partial charge < -0.3 is 4.90 Å². The average Bonchev–Trinajstić information content (AvgIpc) is 3.77. The molecule has 10 nitrogen and oxygen atoms in total. The van der Waals surface area contributed by atoms with Crippen LogP contribution in [-0.2, 0) is 6.42 Å². The van der Waals surface area contributed by atoms with Gasteiger partial charge in [0.2, 0.25) is 5.13 Å². The van der Waals surface area contributed by atoms with Crippen molar-refractivity contribution in [2.24, 2.45) is 0 Å². The van der Waals surface area contributed by atoms with Crippen LogP contribution in [0.2, 0.25) is 0 Å². The fourth-order valence-corrected chi connectivity index (χ4v) is 5.44. The SMILES string of the molecule is O=C(Nc1nc(-c2ccc(-n3ccnn3)cc2)ns1)N(CCc1ncccn1)CCC(c1ccccc1)c1ccccc1. The highest BCUT2D eigenvalue weighted by Crippen LogP contribution is 2.28. The van der Waals surface area contributed by atoms with Gasteiger partial charge in [-0.3, -0.25) is 5.32 Å². The van der Waals surface area contributed by atoms with Crippen LogP contribution in [0.4, 0.5) is 9.93 Å². The summed E-state index contributed by atoms with van der Waals surface area (Å²) in [6, 6.07) is 30.1. The number of nitrogens with zero attached hydrogens (tertiary/aromatic N) is 8. The normalized spacial score (nSPS) is 11.0. The molecule has 3 heterocycles. The number of amides is 2. The summed E-state index contributed by atoms with van der Waals surface area (Å²) in [6.07, 6.45) is 8.13. The highest BCUT2D eigenvalue weighted by atomic mass is 32.1. The van der Waals surface area contributed by atoms with Gasteiger partial charge in [0, 0.05) is 54.9 Å². The number of aromatic nitrogens is 7. The van der Waals surface area contributed by atoms with Crippen LogP contribution in [-0.4, -0.2) is 58.3 Å². The third-order valence-corrected chi connectivity index (χ3v) is 7.69. The van der Waals surface area contributed by atoms with E-state index in [0.717, 1.165) is 29.2 Å². The Hall–Kier alpha value is -5.29. The fourth-order valence-electron chi connectivity index (χ4n) is 4.86. The van der Waals surface area contributed by atoms with Crippen molar-refractivity contribution in [1.29, 1.82) is 0 Å². The first-order valence-corrected chi connectivity index (χ1v) is 14.7. The Bertz CT molecular complexity index is 1670. The van der Waals surface area contributed by atoms with E-state index in [9.17, 15) is 4.79 Å². The summed E-state index contributed by atoms with van der Waals surface area (Å²) < 4.78 is 6.16. The van der Waals surface area contributed by atoms with Crippen molar-refractivity contribution in [3.05, 3.63) is 133 Å². The van der Waals surface area contributed by atoms with Gasteiger partial charge in [-0.05, 0) is 47.9 Å². The second-order valence-corrected chi connectivity index (χ2v) is 10.6. The topological polar surface area (TPSA) is 115 Å². The third-order valence-electron chi connectivity index (χ3n) is 7.06. The minimum absolute atomic E-state index is 0.138. The number of benzene rings is 3. The molecule has 0 saturated heterocycles. The van der Waals surface area contributed by atoms with E-state index < -0.39 is 0 Å². The Morgan fingerprint density at radius 3 is 2.19 bits per heavy atom. The second kappa shape index (κ2) is 13.6. The van der Waals surface area contributed by atoms with Crippen LogP contribution in [0.15, 0.2) is 116 Å². The van der Waals surface area contributed by atoms with E-state index in [2.05, 4.69) is 83.5 Å². The zero-order valence-corrected chi connectivity index (χ0v) is 24.1. The molecule has 0 saturated carbocycles. The number of anilines is 1. The quantitative estimate of drug-likeness (QED) is 0.201. The van der Waals surface area contributed by atoms with Crippen LogP contribution in [0.5, 0.6) is 0 Å². The van der Waals surface area contributed by atoms with E-state index in [4.69, 9.17) is 0 Å². The number of carbonyl (C=O) groups excluding carboxylic acids is 1. The Labute approximate surface area is 253 Å². The monoisotopic (exact) mass is 587 g/mol. The van der Waals surface area contributed by atoms with Crippen molar-refractivity contribution in [2.45, 2.75) is 18.8 Å². The van der Waals surface area contributed by atoms with Crippen molar-refractivity contribution in [3.63, 3.8) is 0 Å². The predicted molar refractivity (Wildman–Crippen MR) is 166 cm³/mol. The number of urea groups is 1. The Balaban J connectivity index is 1.17. The molecule has 3 aromatic heterocycles. The molecule has 1 N–H and O–H groups in total. The smallest absolute Gasteiger partial charge is 0.323 e. The molecule has 6 aromatic rings. The molecule has 11 heteroatoms. The molecule has 214 valence electrons. The zero-order valence-electron chi connectivity index (χ0n) is 23.3. The maximum Gasteiger partial charge on any atom is 0.323 e. The standard InChI is InChI=1S/C32H29N9OS/c42-32(37-31-36-30(38-43-31)26-12-14-27(15-13-26)41-23-20-35-39-41)40(22-17-29-33-18-7-19-34-29)21-16-28(24-8-3-1-4-9-24)25-10-5-2-6-11-25/h1-15,18-20,23,28H,16-17,21-22H2,(H,36,37,38,42). The lowest BCUT2D eigenvalue weighted by Crippen LogP contribution is -2.38. The summed E-state index contributed by atoms with van der Waals surface area (Å²) in [5, 5.41) is 11.3. The van der Waals surface area contributed by atoms with E-state index in [1.165, 1.54) is 11.1 Å². The molecule has 0 aliphatic heterocycles. The molecule has 6 rings (SSSR count). The molecule has 0 atom stereocenters. The van der Waals surface area contributed by atoms with Crippen molar-refractivity contribution in [3.8, 4) is 17.1 Å². The molecule has 43 heavy (non-hydrogen) atoms. The molecule has 0 bridgehead atoms.